The molecule has 0 N–H and O–H groups in total. The fourth-order valence-corrected chi connectivity index (χ4v) is 3.54. The largest absolute Gasteiger partial charge is 0.399 e. The minimum atomic E-state index is -0.279. The lowest BCUT2D eigenvalue weighted by atomic mass is 10.1. The van der Waals surface area contributed by atoms with Crippen LogP contribution in [0.1, 0.15) is 25.2 Å². The van der Waals surface area contributed by atoms with Crippen molar-refractivity contribution in [1.29, 1.82) is 0 Å². The average Bonchev–Trinajstić information content (AvgIpc) is 3.31. The van der Waals surface area contributed by atoms with Gasteiger partial charge in [-0.05, 0) is 38.1 Å². The molecule has 148 valence electrons. The van der Waals surface area contributed by atoms with Gasteiger partial charge in [0.1, 0.15) is 24.6 Å². The number of rotatable bonds is 6. The highest BCUT2D eigenvalue weighted by molar-refractivity contribution is 6.00. The van der Waals surface area contributed by atoms with Gasteiger partial charge in [-0.15, -0.1) is 0 Å². The van der Waals surface area contributed by atoms with Gasteiger partial charge >= 0.3 is 0 Å². The molecule has 0 aliphatic rings. The first kappa shape index (κ1) is 18.9. The fourth-order valence-electron chi connectivity index (χ4n) is 3.54. The molecule has 2 heterocycles. The molecule has 0 aliphatic carbocycles. The molecule has 2 aromatic carbocycles. The van der Waals surface area contributed by atoms with Gasteiger partial charge in [0.2, 0.25) is 0 Å². The van der Waals surface area contributed by atoms with Crippen molar-refractivity contribution in [1.82, 2.24) is 19.1 Å². The van der Waals surface area contributed by atoms with Crippen molar-refractivity contribution >= 4 is 16.7 Å². The second-order valence-electron chi connectivity index (χ2n) is 6.72. The molecule has 29 heavy (non-hydrogen) atoms. The van der Waals surface area contributed by atoms with Gasteiger partial charge in [-0.3, -0.25) is 0 Å². The maximum atomic E-state index is 13.7. The summed E-state index contributed by atoms with van der Waals surface area (Å²) in [5, 5.41) is 4.00. The Kier molecular flexibility index (Phi) is 5.12. The van der Waals surface area contributed by atoms with E-state index in [2.05, 4.69) is 27.7 Å². The summed E-state index contributed by atoms with van der Waals surface area (Å²) in [6.07, 6.45) is 3.61. The fraction of sp³-hybridized carbons (Fsp3) is 0.227. The first-order chi connectivity index (χ1) is 14.1. The van der Waals surface area contributed by atoms with Gasteiger partial charge < -0.3 is 14.0 Å². The van der Waals surface area contributed by atoms with Crippen LogP contribution in [-0.2, 0) is 17.9 Å². The lowest BCUT2D eigenvalue weighted by Crippen LogP contribution is -2.08. The van der Waals surface area contributed by atoms with Gasteiger partial charge in [0.05, 0.1) is 23.3 Å². The van der Waals surface area contributed by atoms with E-state index in [1.807, 2.05) is 35.9 Å². The molecular formula is C22H22FN5O. The summed E-state index contributed by atoms with van der Waals surface area (Å²) >= 11 is 0. The van der Waals surface area contributed by atoms with Crippen molar-refractivity contribution in [2.75, 3.05) is 7.11 Å². The van der Waals surface area contributed by atoms with Crippen molar-refractivity contribution in [2.24, 2.45) is 5.16 Å². The van der Waals surface area contributed by atoms with Gasteiger partial charge in [-0.1, -0.05) is 23.4 Å². The van der Waals surface area contributed by atoms with Crippen LogP contribution in [0.5, 0.6) is 0 Å². The maximum Gasteiger partial charge on any atom is 0.140 e. The highest BCUT2D eigenvalue weighted by Gasteiger charge is 2.14. The third-order valence-electron chi connectivity index (χ3n) is 4.90. The Morgan fingerprint density at radius 2 is 2.07 bits per heavy atom. The molecule has 0 atom stereocenters. The summed E-state index contributed by atoms with van der Waals surface area (Å²) < 4.78 is 17.8. The lowest BCUT2D eigenvalue weighted by molar-refractivity contribution is 0.213. The number of halogens is 1. The Bertz CT molecular complexity index is 1190. The molecular weight excluding hydrogens is 369 g/mol. The molecule has 0 saturated heterocycles. The van der Waals surface area contributed by atoms with Crippen molar-refractivity contribution in [3.05, 3.63) is 72.1 Å². The van der Waals surface area contributed by atoms with Crippen LogP contribution in [0.25, 0.3) is 22.4 Å². The Labute approximate surface area is 168 Å². The van der Waals surface area contributed by atoms with E-state index in [-0.39, 0.29) is 5.82 Å². The summed E-state index contributed by atoms with van der Waals surface area (Å²) in [7, 11) is 1.53. The number of oxime groups is 1. The van der Waals surface area contributed by atoms with Crippen molar-refractivity contribution < 1.29 is 9.23 Å². The Balaban J connectivity index is 1.74. The van der Waals surface area contributed by atoms with Crippen LogP contribution in [0.4, 0.5) is 4.39 Å². The molecule has 0 amide bonds. The van der Waals surface area contributed by atoms with Gasteiger partial charge in [-0.25, -0.2) is 14.4 Å². The SMILES string of the molecule is CCn1c(Cn2ccnc2-c2cccc(F)c2)nc2cc(C(C)=NOC)ccc21. The zero-order valence-electron chi connectivity index (χ0n) is 16.6. The second-order valence-corrected chi connectivity index (χ2v) is 6.72. The predicted octanol–water partition coefficient (Wildman–Crippen LogP) is 4.48. The number of nitrogens with zero attached hydrogens (tertiary/aromatic N) is 5. The average molecular weight is 391 g/mol. The van der Waals surface area contributed by atoms with E-state index in [0.717, 1.165) is 40.2 Å². The summed E-state index contributed by atoms with van der Waals surface area (Å²) in [6, 6.07) is 12.6. The standard InChI is InChI=1S/C22H22FN5O/c1-4-28-20-9-8-16(15(2)26-29-3)13-19(20)25-21(28)14-27-11-10-24-22(27)17-6-5-7-18(23)12-17/h5-13H,4,14H2,1-3H3. The van der Waals surface area contributed by atoms with Crippen LogP contribution in [-0.4, -0.2) is 31.9 Å². The Hall–Kier alpha value is -3.48. The highest BCUT2D eigenvalue weighted by Crippen LogP contribution is 2.23. The monoisotopic (exact) mass is 391 g/mol. The van der Waals surface area contributed by atoms with E-state index in [1.54, 1.807) is 12.3 Å². The van der Waals surface area contributed by atoms with E-state index in [1.165, 1.54) is 19.2 Å². The number of fused-ring (bicyclic) bond motifs is 1. The topological polar surface area (TPSA) is 57.2 Å². The van der Waals surface area contributed by atoms with Gasteiger partial charge in [0.15, 0.2) is 0 Å². The minimum Gasteiger partial charge on any atom is -0.399 e. The van der Waals surface area contributed by atoms with E-state index in [4.69, 9.17) is 9.82 Å². The maximum absolute atomic E-state index is 13.7. The van der Waals surface area contributed by atoms with Crippen molar-refractivity contribution in [2.45, 2.75) is 26.9 Å². The van der Waals surface area contributed by atoms with Crippen molar-refractivity contribution in [3.63, 3.8) is 0 Å². The molecule has 0 bridgehead atoms. The molecule has 0 aliphatic heterocycles. The first-order valence-corrected chi connectivity index (χ1v) is 9.45. The molecule has 4 aromatic rings. The van der Waals surface area contributed by atoms with Crippen LogP contribution in [0.3, 0.4) is 0 Å². The van der Waals surface area contributed by atoms with E-state index < -0.39 is 0 Å². The van der Waals surface area contributed by atoms with Crippen LogP contribution in [0.15, 0.2) is 60.0 Å². The van der Waals surface area contributed by atoms with Crippen molar-refractivity contribution in [3.8, 4) is 11.4 Å². The number of aryl methyl sites for hydroxylation is 1. The lowest BCUT2D eigenvalue weighted by Gasteiger charge is -2.10. The smallest absolute Gasteiger partial charge is 0.140 e. The molecule has 0 unspecified atom stereocenters. The normalized spacial score (nSPS) is 11.9. The Morgan fingerprint density at radius 3 is 2.83 bits per heavy atom. The van der Waals surface area contributed by atoms with Gasteiger partial charge in [-0.2, -0.15) is 0 Å². The van der Waals surface area contributed by atoms with E-state index >= 15 is 0 Å². The number of hydrogen-bond donors (Lipinski definition) is 0. The van der Waals surface area contributed by atoms with Crippen LogP contribution in [0, 0.1) is 5.82 Å². The molecule has 0 spiro atoms. The summed E-state index contributed by atoms with van der Waals surface area (Å²) in [6.45, 7) is 5.33. The summed E-state index contributed by atoms with van der Waals surface area (Å²) in [4.78, 5) is 14.2. The molecule has 0 saturated carbocycles. The second kappa shape index (κ2) is 7.87. The number of benzene rings is 2. The molecule has 6 nitrogen and oxygen atoms in total. The number of hydrogen-bond acceptors (Lipinski definition) is 4. The van der Waals surface area contributed by atoms with Gasteiger partial charge in [0, 0.05) is 30.1 Å². The Morgan fingerprint density at radius 1 is 1.21 bits per heavy atom. The zero-order chi connectivity index (χ0) is 20.4. The summed E-state index contributed by atoms with van der Waals surface area (Å²) in [5.74, 6) is 1.35. The number of imidazole rings is 2. The van der Waals surface area contributed by atoms with E-state index in [0.29, 0.717) is 12.4 Å². The molecule has 4 rings (SSSR count). The molecule has 0 radical (unpaired) electrons. The molecule has 2 aromatic heterocycles. The summed E-state index contributed by atoms with van der Waals surface area (Å²) in [5.41, 5.74) is 4.46. The third kappa shape index (κ3) is 3.63. The van der Waals surface area contributed by atoms with Crippen LogP contribution < -0.4 is 0 Å². The molecule has 0 fully saturated rings. The van der Waals surface area contributed by atoms with Gasteiger partial charge in [0.25, 0.3) is 0 Å². The van der Waals surface area contributed by atoms with Crippen LogP contribution in [0.2, 0.25) is 0 Å². The molecule has 7 heteroatoms. The number of aromatic nitrogens is 4. The van der Waals surface area contributed by atoms with E-state index in [9.17, 15) is 4.39 Å². The highest BCUT2D eigenvalue weighted by atomic mass is 19.1. The van der Waals surface area contributed by atoms with Crippen LogP contribution >= 0.6 is 0 Å². The predicted molar refractivity (Wildman–Crippen MR) is 111 cm³/mol. The zero-order valence-corrected chi connectivity index (χ0v) is 16.6. The quantitative estimate of drug-likeness (QED) is 0.360. The third-order valence-corrected chi connectivity index (χ3v) is 4.90. The first-order valence-electron chi connectivity index (χ1n) is 9.45. The minimum absolute atomic E-state index is 0.279.